The molecule has 0 atom stereocenters. The molecule has 2 rings (SSSR count). The summed E-state index contributed by atoms with van der Waals surface area (Å²) in [6.07, 6.45) is 2.89. The second-order valence-corrected chi connectivity index (χ2v) is 5.19. The zero-order valence-corrected chi connectivity index (χ0v) is 11.4. The van der Waals surface area contributed by atoms with Crippen molar-refractivity contribution in [3.63, 3.8) is 0 Å². The van der Waals surface area contributed by atoms with E-state index in [0.29, 0.717) is 6.54 Å². The lowest BCUT2D eigenvalue weighted by Gasteiger charge is -2.09. The third-order valence-corrected chi connectivity index (χ3v) is 3.38. The van der Waals surface area contributed by atoms with Crippen LogP contribution in [-0.2, 0) is 11.2 Å². The predicted molar refractivity (Wildman–Crippen MR) is 70.1 cm³/mol. The summed E-state index contributed by atoms with van der Waals surface area (Å²) in [7, 11) is 1.66. The van der Waals surface area contributed by atoms with Gasteiger partial charge in [-0.05, 0) is 43.0 Å². The number of methoxy groups -OCH3 is 1. The fraction of sp³-hybridized carbons (Fsp3) is 0.462. The molecule has 1 amide bonds. The van der Waals surface area contributed by atoms with Gasteiger partial charge >= 0.3 is 0 Å². The Labute approximate surface area is 110 Å². The van der Waals surface area contributed by atoms with E-state index in [1.807, 2.05) is 18.2 Å². The largest absolute Gasteiger partial charge is 0.496 e. The van der Waals surface area contributed by atoms with E-state index in [2.05, 4.69) is 21.2 Å². The van der Waals surface area contributed by atoms with Crippen molar-refractivity contribution in [1.29, 1.82) is 0 Å². The quantitative estimate of drug-likeness (QED) is 0.907. The minimum Gasteiger partial charge on any atom is -0.496 e. The fourth-order valence-electron chi connectivity index (χ4n) is 1.75. The molecule has 4 heteroatoms. The van der Waals surface area contributed by atoms with E-state index >= 15 is 0 Å². The van der Waals surface area contributed by atoms with E-state index in [0.717, 1.165) is 35.0 Å². The molecule has 0 unspecified atom stereocenters. The average molecular weight is 298 g/mol. The van der Waals surface area contributed by atoms with E-state index < -0.39 is 0 Å². The number of carbonyl (C=O) groups is 1. The highest BCUT2D eigenvalue weighted by Crippen LogP contribution is 2.28. The monoisotopic (exact) mass is 297 g/mol. The van der Waals surface area contributed by atoms with Gasteiger partial charge in [0.15, 0.2) is 0 Å². The van der Waals surface area contributed by atoms with Crippen molar-refractivity contribution in [3.8, 4) is 5.75 Å². The van der Waals surface area contributed by atoms with Crippen LogP contribution in [0.5, 0.6) is 5.75 Å². The van der Waals surface area contributed by atoms with Gasteiger partial charge in [-0.25, -0.2) is 0 Å². The first-order valence-electron chi connectivity index (χ1n) is 5.81. The van der Waals surface area contributed by atoms with Gasteiger partial charge in [-0.2, -0.15) is 0 Å². The normalized spacial score (nSPS) is 14.5. The summed E-state index contributed by atoms with van der Waals surface area (Å²) in [6.45, 7) is 0.669. The van der Waals surface area contributed by atoms with Crippen molar-refractivity contribution >= 4 is 21.8 Å². The molecule has 1 aromatic rings. The second kappa shape index (κ2) is 5.54. The average Bonchev–Trinajstić information content (AvgIpc) is 3.13. The molecule has 1 fully saturated rings. The zero-order valence-electron chi connectivity index (χ0n) is 9.83. The summed E-state index contributed by atoms with van der Waals surface area (Å²) in [5.41, 5.74) is 1.11. The number of ether oxygens (including phenoxy) is 1. The Morgan fingerprint density at radius 3 is 2.94 bits per heavy atom. The summed E-state index contributed by atoms with van der Waals surface area (Å²) in [6, 6.07) is 5.91. The van der Waals surface area contributed by atoms with Gasteiger partial charge in [-0.15, -0.1) is 0 Å². The molecule has 0 aromatic heterocycles. The molecule has 0 spiro atoms. The highest BCUT2D eigenvalue weighted by Gasteiger charge is 2.29. The minimum atomic E-state index is 0.193. The van der Waals surface area contributed by atoms with Crippen LogP contribution in [0.2, 0.25) is 0 Å². The highest BCUT2D eigenvalue weighted by atomic mass is 79.9. The summed E-state index contributed by atoms with van der Waals surface area (Å²) >= 11 is 3.44. The van der Waals surface area contributed by atoms with Crippen LogP contribution in [0.25, 0.3) is 0 Å². The van der Waals surface area contributed by atoms with Gasteiger partial charge < -0.3 is 10.1 Å². The van der Waals surface area contributed by atoms with Crippen LogP contribution < -0.4 is 10.1 Å². The maximum Gasteiger partial charge on any atom is 0.223 e. The Balaban J connectivity index is 1.88. The molecule has 0 radical (unpaired) electrons. The van der Waals surface area contributed by atoms with Crippen molar-refractivity contribution < 1.29 is 9.53 Å². The predicted octanol–water partition coefficient (Wildman–Crippen LogP) is 2.53. The lowest BCUT2D eigenvalue weighted by Crippen LogP contribution is -2.27. The van der Waals surface area contributed by atoms with Gasteiger partial charge in [0.2, 0.25) is 5.91 Å². The van der Waals surface area contributed by atoms with E-state index in [1.165, 1.54) is 0 Å². The van der Waals surface area contributed by atoms with Crippen LogP contribution >= 0.6 is 15.9 Å². The number of halogens is 1. The number of nitrogens with one attached hydrogen (secondary N) is 1. The van der Waals surface area contributed by atoms with Crippen molar-refractivity contribution in [2.24, 2.45) is 5.92 Å². The fourth-order valence-corrected chi connectivity index (χ4v) is 2.16. The topological polar surface area (TPSA) is 38.3 Å². The van der Waals surface area contributed by atoms with Crippen molar-refractivity contribution in [2.45, 2.75) is 19.3 Å². The lowest BCUT2D eigenvalue weighted by molar-refractivity contribution is -0.122. The molecule has 17 heavy (non-hydrogen) atoms. The molecule has 1 aliphatic carbocycles. The van der Waals surface area contributed by atoms with Crippen LogP contribution in [0.3, 0.4) is 0 Å². The summed E-state index contributed by atoms with van der Waals surface area (Å²) in [5.74, 6) is 1.34. The molecule has 0 saturated heterocycles. The maximum absolute atomic E-state index is 11.5. The standard InChI is InChI=1S/C13H16BrNO2/c1-17-12-5-4-11(14)8-10(12)6-7-15-13(16)9-2-3-9/h4-5,8-9H,2-3,6-7H2,1H3,(H,15,16). The second-order valence-electron chi connectivity index (χ2n) is 4.27. The molecule has 1 aliphatic rings. The molecular weight excluding hydrogens is 282 g/mol. The zero-order chi connectivity index (χ0) is 12.3. The van der Waals surface area contributed by atoms with Crippen LogP contribution in [0.4, 0.5) is 0 Å². The maximum atomic E-state index is 11.5. The number of hydrogen-bond acceptors (Lipinski definition) is 2. The Morgan fingerprint density at radius 1 is 1.53 bits per heavy atom. The Morgan fingerprint density at radius 2 is 2.29 bits per heavy atom. The van der Waals surface area contributed by atoms with Crippen molar-refractivity contribution in [1.82, 2.24) is 5.32 Å². The molecule has 92 valence electrons. The third-order valence-electron chi connectivity index (χ3n) is 2.88. The number of amides is 1. The molecular formula is C13H16BrNO2. The summed E-state index contributed by atoms with van der Waals surface area (Å²) in [4.78, 5) is 11.5. The van der Waals surface area contributed by atoms with Gasteiger partial charge in [0.25, 0.3) is 0 Å². The summed E-state index contributed by atoms with van der Waals surface area (Å²) in [5, 5.41) is 2.95. The van der Waals surface area contributed by atoms with Crippen molar-refractivity contribution in [2.75, 3.05) is 13.7 Å². The third kappa shape index (κ3) is 3.46. The Kier molecular flexibility index (Phi) is 4.05. The number of carbonyl (C=O) groups excluding carboxylic acids is 1. The molecule has 0 heterocycles. The molecule has 1 aromatic carbocycles. The molecule has 3 nitrogen and oxygen atoms in total. The SMILES string of the molecule is COc1ccc(Br)cc1CCNC(=O)C1CC1. The van der Waals surface area contributed by atoms with E-state index in [1.54, 1.807) is 7.11 Å². The van der Waals surface area contributed by atoms with Gasteiger partial charge in [0.05, 0.1) is 7.11 Å². The minimum absolute atomic E-state index is 0.193. The number of rotatable bonds is 5. The first-order valence-corrected chi connectivity index (χ1v) is 6.60. The first kappa shape index (κ1) is 12.4. The van der Waals surface area contributed by atoms with Gasteiger partial charge in [0, 0.05) is 16.9 Å². The van der Waals surface area contributed by atoms with Gasteiger partial charge in [-0.1, -0.05) is 15.9 Å². The highest BCUT2D eigenvalue weighted by molar-refractivity contribution is 9.10. The molecule has 1 N–H and O–H groups in total. The van der Waals surface area contributed by atoms with Crippen molar-refractivity contribution in [3.05, 3.63) is 28.2 Å². The van der Waals surface area contributed by atoms with Crippen LogP contribution in [0, 0.1) is 5.92 Å². The Hall–Kier alpha value is -1.03. The van der Waals surface area contributed by atoms with Gasteiger partial charge in [-0.3, -0.25) is 4.79 Å². The Bertz CT molecular complexity index is 416. The van der Waals surface area contributed by atoms with Crippen LogP contribution in [0.1, 0.15) is 18.4 Å². The molecule has 0 aliphatic heterocycles. The van der Waals surface area contributed by atoms with E-state index in [4.69, 9.17) is 4.74 Å². The lowest BCUT2D eigenvalue weighted by atomic mass is 10.1. The smallest absolute Gasteiger partial charge is 0.223 e. The van der Waals surface area contributed by atoms with E-state index in [9.17, 15) is 4.79 Å². The number of benzene rings is 1. The first-order chi connectivity index (χ1) is 8.20. The van der Waals surface area contributed by atoms with Crippen LogP contribution in [-0.4, -0.2) is 19.6 Å². The van der Waals surface area contributed by atoms with Crippen LogP contribution in [0.15, 0.2) is 22.7 Å². The summed E-state index contributed by atoms with van der Waals surface area (Å²) < 4.78 is 6.31. The molecule has 0 bridgehead atoms. The molecule has 1 saturated carbocycles. The van der Waals surface area contributed by atoms with Gasteiger partial charge in [0.1, 0.15) is 5.75 Å². The number of hydrogen-bond donors (Lipinski definition) is 1. The van der Waals surface area contributed by atoms with E-state index in [-0.39, 0.29) is 11.8 Å².